The Labute approximate surface area is 215 Å². The van der Waals surface area contributed by atoms with Gasteiger partial charge in [-0.1, -0.05) is 60.3 Å². The third kappa shape index (κ3) is 7.21. The summed E-state index contributed by atoms with van der Waals surface area (Å²) in [5.41, 5.74) is 1.43. The second-order valence-electron chi connectivity index (χ2n) is 7.92. The Balaban J connectivity index is 1.86. The van der Waals surface area contributed by atoms with Gasteiger partial charge >= 0.3 is 0 Å². The minimum Gasteiger partial charge on any atom is -0.367 e. The molecule has 0 aliphatic rings. The highest BCUT2D eigenvalue weighted by Crippen LogP contribution is 2.31. The first-order valence-electron chi connectivity index (χ1n) is 11.1. The van der Waals surface area contributed by atoms with Gasteiger partial charge in [-0.3, -0.25) is 0 Å². The first-order chi connectivity index (χ1) is 15.8. The molecule has 1 heterocycles. The van der Waals surface area contributed by atoms with Gasteiger partial charge in [0.25, 0.3) is 0 Å². The molecular weight excluding hydrogens is 498 g/mol. The standard InChI is InChI=1S/C25H28Cl4N4/c1-4-33(5-2)12-6-7-16(3)30-25-20-9-8-17(26)15-23(20)31-24(32-25)11-10-19-21(28)13-18(27)14-22(19)29/h8-11,13-16H,4-7,12H2,1-3H3,(H,30,31,32)/b11-10+/t16-/m0/s1. The summed E-state index contributed by atoms with van der Waals surface area (Å²) >= 11 is 24.9. The molecule has 8 heteroatoms. The molecule has 0 aliphatic heterocycles. The van der Waals surface area contributed by atoms with Gasteiger partial charge in [-0.05, 0) is 81.9 Å². The van der Waals surface area contributed by atoms with Crippen molar-refractivity contribution >= 4 is 75.3 Å². The van der Waals surface area contributed by atoms with E-state index in [1.54, 1.807) is 24.3 Å². The molecule has 0 saturated carbocycles. The average molecular weight is 526 g/mol. The van der Waals surface area contributed by atoms with E-state index in [0.29, 0.717) is 31.5 Å². The normalized spacial score (nSPS) is 12.7. The summed E-state index contributed by atoms with van der Waals surface area (Å²) in [7, 11) is 0. The molecule has 1 N–H and O–H groups in total. The van der Waals surface area contributed by atoms with E-state index in [1.807, 2.05) is 18.2 Å². The number of benzene rings is 2. The maximum Gasteiger partial charge on any atom is 0.154 e. The van der Waals surface area contributed by atoms with Crippen LogP contribution in [-0.4, -0.2) is 40.5 Å². The number of fused-ring (bicyclic) bond motifs is 1. The van der Waals surface area contributed by atoms with Crippen LogP contribution in [-0.2, 0) is 0 Å². The minimum absolute atomic E-state index is 0.256. The van der Waals surface area contributed by atoms with Gasteiger partial charge in [0.05, 0.1) is 15.6 Å². The van der Waals surface area contributed by atoms with Crippen LogP contribution in [0.4, 0.5) is 5.82 Å². The molecule has 1 atom stereocenters. The monoisotopic (exact) mass is 524 g/mol. The van der Waals surface area contributed by atoms with E-state index in [0.717, 1.165) is 49.2 Å². The fourth-order valence-corrected chi connectivity index (χ4v) is 4.75. The van der Waals surface area contributed by atoms with Crippen molar-refractivity contribution in [3.05, 3.63) is 61.8 Å². The maximum atomic E-state index is 6.31. The largest absolute Gasteiger partial charge is 0.367 e. The fraction of sp³-hybridized carbons (Fsp3) is 0.360. The van der Waals surface area contributed by atoms with E-state index >= 15 is 0 Å². The molecule has 176 valence electrons. The summed E-state index contributed by atoms with van der Waals surface area (Å²) < 4.78 is 0. The summed E-state index contributed by atoms with van der Waals surface area (Å²) in [6.45, 7) is 9.82. The van der Waals surface area contributed by atoms with Crippen LogP contribution in [0.25, 0.3) is 23.1 Å². The van der Waals surface area contributed by atoms with Crippen molar-refractivity contribution in [2.45, 2.75) is 39.7 Å². The quantitative estimate of drug-likeness (QED) is 0.288. The minimum atomic E-state index is 0.256. The number of nitrogens with zero attached hydrogens (tertiary/aromatic N) is 3. The average Bonchev–Trinajstić information content (AvgIpc) is 2.75. The predicted octanol–water partition coefficient (Wildman–Crippen LogP) is 8.34. The van der Waals surface area contributed by atoms with E-state index in [-0.39, 0.29) is 6.04 Å². The van der Waals surface area contributed by atoms with Gasteiger partial charge in [0.1, 0.15) is 5.82 Å². The van der Waals surface area contributed by atoms with Gasteiger partial charge in [0.2, 0.25) is 0 Å². The topological polar surface area (TPSA) is 41.0 Å². The van der Waals surface area contributed by atoms with Crippen molar-refractivity contribution in [1.82, 2.24) is 14.9 Å². The molecule has 0 bridgehead atoms. The molecular formula is C25H28Cl4N4. The molecule has 3 rings (SSSR count). The number of nitrogens with one attached hydrogen (secondary N) is 1. The van der Waals surface area contributed by atoms with Crippen molar-refractivity contribution in [2.24, 2.45) is 0 Å². The Hall–Kier alpha value is -1.56. The van der Waals surface area contributed by atoms with Gasteiger partial charge in [-0.15, -0.1) is 0 Å². The van der Waals surface area contributed by atoms with Crippen LogP contribution < -0.4 is 5.32 Å². The van der Waals surface area contributed by atoms with Crippen molar-refractivity contribution in [2.75, 3.05) is 25.0 Å². The zero-order valence-corrected chi connectivity index (χ0v) is 22.0. The molecule has 0 fully saturated rings. The van der Waals surface area contributed by atoms with Gasteiger partial charge in [-0.25, -0.2) is 9.97 Å². The zero-order valence-electron chi connectivity index (χ0n) is 19.0. The van der Waals surface area contributed by atoms with Crippen molar-refractivity contribution in [3.8, 4) is 0 Å². The summed E-state index contributed by atoms with van der Waals surface area (Å²) in [5.74, 6) is 1.31. The maximum absolute atomic E-state index is 6.31. The van der Waals surface area contributed by atoms with E-state index in [9.17, 15) is 0 Å². The molecule has 0 aliphatic carbocycles. The number of hydrogen-bond acceptors (Lipinski definition) is 4. The Morgan fingerprint density at radius 3 is 2.30 bits per heavy atom. The molecule has 0 spiro atoms. The van der Waals surface area contributed by atoms with E-state index in [2.05, 4.69) is 36.0 Å². The Morgan fingerprint density at radius 1 is 0.939 bits per heavy atom. The number of anilines is 1. The number of halogens is 4. The van der Waals surface area contributed by atoms with Crippen molar-refractivity contribution in [3.63, 3.8) is 0 Å². The summed E-state index contributed by atoms with van der Waals surface area (Å²) in [6.07, 6.45) is 5.74. The van der Waals surface area contributed by atoms with E-state index in [4.69, 9.17) is 51.4 Å². The van der Waals surface area contributed by atoms with Crippen LogP contribution in [0.15, 0.2) is 30.3 Å². The highest BCUT2D eigenvalue weighted by Gasteiger charge is 2.12. The summed E-state index contributed by atoms with van der Waals surface area (Å²) in [4.78, 5) is 11.9. The Kier molecular flexibility index (Phi) is 9.66. The Morgan fingerprint density at radius 2 is 1.64 bits per heavy atom. The lowest BCUT2D eigenvalue weighted by molar-refractivity contribution is 0.295. The molecule has 33 heavy (non-hydrogen) atoms. The molecule has 4 nitrogen and oxygen atoms in total. The van der Waals surface area contributed by atoms with Crippen molar-refractivity contribution in [1.29, 1.82) is 0 Å². The number of hydrogen-bond donors (Lipinski definition) is 1. The van der Waals surface area contributed by atoms with Gasteiger partial charge in [0.15, 0.2) is 5.82 Å². The zero-order chi connectivity index (χ0) is 24.0. The molecule has 0 amide bonds. The Bertz CT molecular complexity index is 1110. The highest BCUT2D eigenvalue weighted by atomic mass is 35.5. The van der Waals surface area contributed by atoms with Crippen molar-refractivity contribution < 1.29 is 0 Å². The van der Waals surface area contributed by atoms with Crippen LogP contribution >= 0.6 is 46.4 Å². The fourth-order valence-electron chi connectivity index (χ4n) is 3.64. The summed E-state index contributed by atoms with van der Waals surface area (Å²) in [6, 6.07) is 9.21. The lowest BCUT2D eigenvalue weighted by Crippen LogP contribution is -2.25. The number of rotatable bonds is 10. The lowest BCUT2D eigenvalue weighted by Gasteiger charge is -2.20. The van der Waals surface area contributed by atoms with Gasteiger partial charge in [0, 0.05) is 27.0 Å². The van der Waals surface area contributed by atoms with Crippen LogP contribution in [0.2, 0.25) is 20.1 Å². The van der Waals surface area contributed by atoms with Gasteiger partial charge < -0.3 is 10.2 Å². The van der Waals surface area contributed by atoms with E-state index in [1.165, 1.54) is 0 Å². The van der Waals surface area contributed by atoms with Crippen LogP contribution in [0.5, 0.6) is 0 Å². The van der Waals surface area contributed by atoms with Crippen LogP contribution in [0.1, 0.15) is 45.0 Å². The molecule has 0 saturated heterocycles. The molecule has 2 aromatic carbocycles. The highest BCUT2D eigenvalue weighted by molar-refractivity contribution is 6.40. The van der Waals surface area contributed by atoms with Gasteiger partial charge in [-0.2, -0.15) is 0 Å². The molecule has 0 radical (unpaired) electrons. The third-order valence-electron chi connectivity index (χ3n) is 5.51. The third-order valence-corrected chi connectivity index (χ3v) is 6.59. The second kappa shape index (κ2) is 12.2. The summed E-state index contributed by atoms with van der Waals surface area (Å²) in [5, 5.41) is 6.53. The van der Waals surface area contributed by atoms with E-state index < -0.39 is 0 Å². The molecule has 0 unspecified atom stereocenters. The predicted molar refractivity (Wildman–Crippen MR) is 145 cm³/mol. The molecule has 1 aromatic heterocycles. The first-order valence-corrected chi connectivity index (χ1v) is 12.6. The lowest BCUT2D eigenvalue weighted by atomic mass is 10.1. The van der Waals surface area contributed by atoms with Crippen LogP contribution in [0.3, 0.4) is 0 Å². The van der Waals surface area contributed by atoms with Crippen LogP contribution in [0, 0.1) is 0 Å². The smallest absolute Gasteiger partial charge is 0.154 e. The first kappa shape index (κ1) is 26.1. The SMILES string of the molecule is CCN(CC)CCC[C@H](C)Nc1nc(/C=C/c2c(Cl)cc(Cl)cc2Cl)nc2cc(Cl)ccc12. The number of aromatic nitrogens is 2. The second-order valence-corrected chi connectivity index (χ2v) is 9.61. The molecule has 3 aromatic rings.